The number of anilines is 1. The van der Waals surface area contributed by atoms with Gasteiger partial charge in [-0.2, -0.15) is 0 Å². The van der Waals surface area contributed by atoms with E-state index in [1.807, 2.05) is 0 Å². The molecule has 0 aliphatic carbocycles. The van der Waals surface area contributed by atoms with Crippen molar-refractivity contribution in [1.82, 2.24) is 0 Å². The van der Waals surface area contributed by atoms with Gasteiger partial charge in [-0.1, -0.05) is 17.7 Å². The van der Waals surface area contributed by atoms with Crippen LogP contribution in [0.1, 0.15) is 15.9 Å². The second kappa shape index (κ2) is 4.93. The van der Waals surface area contributed by atoms with Crippen molar-refractivity contribution in [3.05, 3.63) is 64.2 Å². The van der Waals surface area contributed by atoms with Crippen LogP contribution in [0.15, 0.2) is 36.4 Å². The fourth-order valence-electron chi connectivity index (χ4n) is 2.24. The molecule has 0 saturated carbocycles. The third-order valence-corrected chi connectivity index (χ3v) is 3.51. The molecule has 0 fully saturated rings. The van der Waals surface area contributed by atoms with E-state index in [0.29, 0.717) is 0 Å². The quantitative estimate of drug-likeness (QED) is 0.798. The maximum atomic E-state index is 13.8. The van der Waals surface area contributed by atoms with Crippen LogP contribution < -0.4 is 4.90 Å². The van der Waals surface area contributed by atoms with Crippen LogP contribution in [0, 0.1) is 11.6 Å². The molecule has 3 nitrogen and oxygen atoms in total. The highest BCUT2D eigenvalue weighted by Gasteiger charge is 2.36. The van der Waals surface area contributed by atoms with Crippen LogP contribution >= 0.6 is 11.6 Å². The van der Waals surface area contributed by atoms with E-state index in [9.17, 15) is 18.4 Å². The number of nitrogens with zero attached hydrogens (tertiary/aromatic N) is 1. The maximum absolute atomic E-state index is 13.8. The van der Waals surface area contributed by atoms with Crippen molar-refractivity contribution in [2.45, 2.75) is 6.54 Å². The lowest BCUT2D eigenvalue weighted by Crippen LogP contribution is -2.29. The van der Waals surface area contributed by atoms with Crippen molar-refractivity contribution in [2.75, 3.05) is 4.90 Å². The first-order valence-electron chi connectivity index (χ1n) is 6.07. The van der Waals surface area contributed by atoms with Crippen LogP contribution in [-0.2, 0) is 11.3 Å². The summed E-state index contributed by atoms with van der Waals surface area (Å²) < 4.78 is 27.1. The Bertz CT molecular complexity index is 776. The number of carbonyl (C=O) groups is 2. The summed E-state index contributed by atoms with van der Waals surface area (Å²) in [5, 5.41) is 0.228. The van der Waals surface area contributed by atoms with Crippen molar-refractivity contribution >= 4 is 29.0 Å². The molecular weight excluding hydrogens is 300 g/mol. The Morgan fingerprint density at radius 1 is 1.05 bits per heavy atom. The summed E-state index contributed by atoms with van der Waals surface area (Å²) in [4.78, 5) is 24.8. The van der Waals surface area contributed by atoms with Gasteiger partial charge in [-0.05, 0) is 30.3 Å². The monoisotopic (exact) mass is 307 g/mol. The molecule has 0 N–H and O–H groups in total. The summed E-state index contributed by atoms with van der Waals surface area (Å²) in [6.45, 7) is -0.163. The first-order valence-corrected chi connectivity index (χ1v) is 6.45. The van der Waals surface area contributed by atoms with Gasteiger partial charge < -0.3 is 4.90 Å². The highest BCUT2D eigenvalue weighted by molar-refractivity contribution is 6.52. The number of halogens is 3. The molecule has 2 aromatic carbocycles. The Kier molecular flexibility index (Phi) is 3.22. The van der Waals surface area contributed by atoms with Gasteiger partial charge in [0.1, 0.15) is 11.6 Å². The van der Waals surface area contributed by atoms with E-state index >= 15 is 0 Å². The number of hydrogen-bond donors (Lipinski definition) is 0. The summed E-state index contributed by atoms with van der Waals surface area (Å²) in [7, 11) is 0. The number of rotatable bonds is 2. The zero-order valence-electron chi connectivity index (χ0n) is 10.6. The molecule has 21 heavy (non-hydrogen) atoms. The molecular formula is C15H8ClF2NO2. The SMILES string of the molecule is O=C1C(=O)N(Cc2ccc(Cl)cc2F)c2cc(F)ccc21. The summed E-state index contributed by atoms with van der Waals surface area (Å²) >= 11 is 5.66. The van der Waals surface area contributed by atoms with E-state index in [4.69, 9.17) is 11.6 Å². The van der Waals surface area contributed by atoms with Gasteiger partial charge in [-0.15, -0.1) is 0 Å². The van der Waals surface area contributed by atoms with E-state index < -0.39 is 23.3 Å². The average Bonchev–Trinajstić information content (AvgIpc) is 2.66. The van der Waals surface area contributed by atoms with E-state index in [0.717, 1.165) is 23.1 Å². The summed E-state index contributed by atoms with van der Waals surface area (Å²) in [6.07, 6.45) is 0. The van der Waals surface area contributed by atoms with Crippen molar-refractivity contribution in [3.8, 4) is 0 Å². The van der Waals surface area contributed by atoms with E-state index in [1.165, 1.54) is 18.2 Å². The number of fused-ring (bicyclic) bond motifs is 1. The van der Waals surface area contributed by atoms with Crippen molar-refractivity contribution in [3.63, 3.8) is 0 Å². The standard InChI is InChI=1S/C15H8ClF2NO2/c16-9-2-1-8(12(18)5-9)7-19-13-6-10(17)3-4-11(13)14(20)15(19)21/h1-6H,7H2. The molecule has 0 radical (unpaired) electrons. The summed E-state index contributed by atoms with van der Waals surface area (Å²) in [5.74, 6) is -2.69. The first-order chi connectivity index (χ1) is 9.97. The smallest absolute Gasteiger partial charge is 0.299 e. The highest BCUT2D eigenvalue weighted by Crippen LogP contribution is 2.31. The molecule has 1 heterocycles. The Morgan fingerprint density at radius 3 is 2.52 bits per heavy atom. The van der Waals surface area contributed by atoms with Crippen LogP contribution in [0.5, 0.6) is 0 Å². The van der Waals surface area contributed by atoms with Crippen molar-refractivity contribution in [1.29, 1.82) is 0 Å². The van der Waals surface area contributed by atoms with Gasteiger partial charge in [0.25, 0.3) is 11.7 Å². The van der Waals surface area contributed by atoms with Crippen molar-refractivity contribution < 1.29 is 18.4 Å². The molecule has 1 amide bonds. The molecule has 3 rings (SSSR count). The Labute approximate surface area is 123 Å². The Balaban J connectivity index is 2.02. The van der Waals surface area contributed by atoms with Gasteiger partial charge in [0.15, 0.2) is 0 Å². The normalized spacial score (nSPS) is 13.8. The minimum atomic E-state index is -0.801. The van der Waals surface area contributed by atoms with Crippen molar-refractivity contribution in [2.24, 2.45) is 0 Å². The van der Waals surface area contributed by atoms with Crippen LogP contribution in [0.3, 0.4) is 0 Å². The molecule has 0 bridgehead atoms. The average molecular weight is 308 g/mol. The van der Waals surface area contributed by atoms with Crippen LogP contribution in [0.4, 0.5) is 14.5 Å². The fourth-order valence-corrected chi connectivity index (χ4v) is 2.40. The van der Waals surface area contributed by atoms with Gasteiger partial charge in [0.05, 0.1) is 17.8 Å². The first kappa shape index (κ1) is 13.7. The molecule has 1 aliphatic heterocycles. The van der Waals surface area contributed by atoms with Crippen LogP contribution in [-0.4, -0.2) is 11.7 Å². The summed E-state index contributed by atoms with van der Waals surface area (Å²) in [6, 6.07) is 7.47. The number of hydrogen-bond acceptors (Lipinski definition) is 2. The second-order valence-electron chi connectivity index (χ2n) is 4.62. The lowest BCUT2D eigenvalue weighted by Gasteiger charge is -2.17. The highest BCUT2D eigenvalue weighted by atomic mass is 35.5. The molecule has 0 unspecified atom stereocenters. The predicted molar refractivity (Wildman–Crippen MR) is 73.3 cm³/mol. The number of amides is 1. The Hall–Kier alpha value is -2.27. The molecule has 0 atom stereocenters. The minimum Gasteiger partial charge on any atom is -0.300 e. The summed E-state index contributed by atoms with van der Waals surface area (Å²) in [5.41, 5.74) is 0.466. The lowest BCUT2D eigenvalue weighted by atomic mass is 10.1. The number of carbonyl (C=O) groups excluding carboxylic acids is 2. The Morgan fingerprint density at radius 2 is 1.81 bits per heavy atom. The largest absolute Gasteiger partial charge is 0.300 e. The molecule has 1 aliphatic rings. The predicted octanol–water partition coefficient (Wildman–Crippen LogP) is 3.35. The molecule has 2 aromatic rings. The molecule has 6 heteroatoms. The maximum Gasteiger partial charge on any atom is 0.299 e. The van der Waals surface area contributed by atoms with Gasteiger partial charge in [-0.25, -0.2) is 8.78 Å². The topological polar surface area (TPSA) is 37.4 Å². The molecule has 0 saturated heterocycles. The van der Waals surface area contributed by atoms with Gasteiger partial charge in [-0.3, -0.25) is 9.59 Å². The van der Waals surface area contributed by atoms with E-state index in [-0.39, 0.29) is 28.4 Å². The van der Waals surface area contributed by atoms with Gasteiger partial charge in [0.2, 0.25) is 0 Å². The van der Waals surface area contributed by atoms with Gasteiger partial charge in [0, 0.05) is 10.6 Å². The zero-order chi connectivity index (χ0) is 15.1. The zero-order valence-corrected chi connectivity index (χ0v) is 11.3. The third-order valence-electron chi connectivity index (χ3n) is 3.28. The number of ketones is 1. The lowest BCUT2D eigenvalue weighted by molar-refractivity contribution is -0.114. The second-order valence-corrected chi connectivity index (χ2v) is 5.05. The molecule has 106 valence electrons. The minimum absolute atomic E-state index is 0.121. The van der Waals surface area contributed by atoms with E-state index in [1.54, 1.807) is 0 Å². The van der Waals surface area contributed by atoms with E-state index in [2.05, 4.69) is 0 Å². The van der Waals surface area contributed by atoms with Gasteiger partial charge >= 0.3 is 0 Å². The fraction of sp³-hybridized carbons (Fsp3) is 0.0667. The van der Waals surface area contributed by atoms with Crippen LogP contribution in [0.25, 0.3) is 0 Å². The molecule has 0 spiro atoms. The third kappa shape index (κ3) is 2.29. The number of benzene rings is 2. The number of Topliss-reactive ketones (excluding diaryl/α,β-unsaturated/α-hetero) is 1. The molecule has 0 aromatic heterocycles. The van der Waals surface area contributed by atoms with Crippen LogP contribution in [0.2, 0.25) is 5.02 Å².